The van der Waals surface area contributed by atoms with E-state index in [2.05, 4.69) is 21.2 Å². The van der Waals surface area contributed by atoms with Crippen molar-refractivity contribution in [2.45, 2.75) is 11.2 Å². The molecular weight excluding hydrogens is 392 g/mol. The van der Waals surface area contributed by atoms with E-state index in [1.165, 1.54) is 0 Å². The number of thioether (sulfide) groups is 1. The highest BCUT2D eigenvalue weighted by Crippen LogP contribution is 2.20. The molecule has 1 N–H and O–H groups in total. The Labute approximate surface area is 145 Å². The minimum absolute atomic E-state index is 0.181. The van der Waals surface area contributed by atoms with Gasteiger partial charge in [-0.3, -0.25) is 19.3 Å². The molecule has 118 valence electrons. The highest BCUT2D eigenvalue weighted by atomic mass is 79.9. The highest BCUT2D eigenvalue weighted by Gasteiger charge is 2.29. The quantitative estimate of drug-likeness (QED) is 0.738. The SMILES string of the molecule is O=C(NCCN1C(=O)CSC1=O)C(Br)Cc1ccccc1Cl. The smallest absolute Gasteiger partial charge is 0.288 e. The molecule has 5 nitrogen and oxygen atoms in total. The van der Waals surface area contributed by atoms with E-state index in [1.54, 1.807) is 6.07 Å². The fourth-order valence-electron chi connectivity index (χ4n) is 1.95. The summed E-state index contributed by atoms with van der Waals surface area (Å²) in [5.41, 5.74) is 0.877. The Bertz CT molecular complexity index is 583. The fourth-order valence-corrected chi connectivity index (χ4v) is 3.42. The van der Waals surface area contributed by atoms with Crippen molar-refractivity contribution in [2.75, 3.05) is 18.8 Å². The van der Waals surface area contributed by atoms with Gasteiger partial charge in [0.25, 0.3) is 5.24 Å². The zero-order valence-electron chi connectivity index (χ0n) is 11.6. The molecular formula is C14H14BrClN2O3S. The van der Waals surface area contributed by atoms with Crippen molar-refractivity contribution in [1.29, 1.82) is 0 Å². The van der Waals surface area contributed by atoms with E-state index in [0.717, 1.165) is 22.2 Å². The first-order valence-electron chi connectivity index (χ1n) is 6.61. The fraction of sp³-hybridized carbons (Fsp3) is 0.357. The van der Waals surface area contributed by atoms with Crippen LogP contribution in [-0.2, 0) is 16.0 Å². The minimum atomic E-state index is -0.424. The summed E-state index contributed by atoms with van der Waals surface area (Å²) in [4.78, 5) is 35.6. The van der Waals surface area contributed by atoms with Gasteiger partial charge in [0.05, 0.1) is 10.6 Å². The average Bonchev–Trinajstić information content (AvgIpc) is 2.81. The summed E-state index contributed by atoms with van der Waals surface area (Å²) in [5.74, 6) is -0.234. The molecule has 22 heavy (non-hydrogen) atoms. The highest BCUT2D eigenvalue weighted by molar-refractivity contribution is 9.10. The standard InChI is InChI=1S/C14H14BrClN2O3S/c15-10(7-9-3-1-2-4-11(9)16)13(20)17-5-6-18-12(19)8-22-14(18)21/h1-4,10H,5-8H2,(H,17,20). The maximum absolute atomic E-state index is 12.0. The van der Waals surface area contributed by atoms with Crippen LogP contribution in [0.15, 0.2) is 24.3 Å². The maximum atomic E-state index is 12.0. The first-order valence-corrected chi connectivity index (χ1v) is 8.89. The zero-order valence-corrected chi connectivity index (χ0v) is 14.7. The minimum Gasteiger partial charge on any atom is -0.353 e. The largest absolute Gasteiger partial charge is 0.353 e. The number of alkyl halides is 1. The Balaban J connectivity index is 1.78. The first kappa shape index (κ1) is 17.3. The molecule has 0 radical (unpaired) electrons. The van der Waals surface area contributed by atoms with Crippen LogP contribution in [-0.4, -0.2) is 45.6 Å². The van der Waals surface area contributed by atoms with Gasteiger partial charge < -0.3 is 5.32 Å². The summed E-state index contributed by atoms with van der Waals surface area (Å²) in [7, 11) is 0. The number of hydrogen-bond donors (Lipinski definition) is 1. The molecule has 1 saturated heterocycles. The lowest BCUT2D eigenvalue weighted by Gasteiger charge is -2.15. The Hall–Kier alpha value is -1.05. The van der Waals surface area contributed by atoms with Crippen LogP contribution in [0, 0.1) is 0 Å². The van der Waals surface area contributed by atoms with Crippen LogP contribution in [0.5, 0.6) is 0 Å². The number of amides is 3. The van der Waals surface area contributed by atoms with Gasteiger partial charge >= 0.3 is 0 Å². The van der Waals surface area contributed by atoms with Crippen molar-refractivity contribution < 1.29 is 14.4 Å². The summed E-state index contributed by atoms with van der Waals surface area (Å²) >= 11 is 10.4. The van der Waals surface area contributed by atoms with E-state index in [9.17, 15) is 14.4 Å². The number of carbonyl (C=O) groups excluding carboxylic acids is 3. The molecule has 1 unspecified atom stereocenters. The molecule has 0 spiro atoms. The normalized spacial score (nSPS) is 16.0. The molecule has 0 aliphatic carbocycles. The number of nitrogens with zero attached hydrogens (tertiary/aromatic N) is 1. The van der Waals surface area contributed by atoms with Gasteiger partial charge in [-0.15, -0.1) is 0 Å². The van der Waals surface area contributed by atoms with Gasteiger partial charge in [-0.05, 0) is 18.1 Å². The van der Waals surface area contributed by atoms with Gasteiger partial charge in [-0.1, -0.05) is 57.5 Å². The molecule has 1 aromatic rings. The maximum Gasteiger partial charge on any atom is 0.288 e. The molecule has 8 heteroatoms. The van der Waals surface area contributed by atoms with Crippen LogP contribution in [0.25, 0.3) is 0 Å². The van der Waals surface area contributed by atoms with Crippen LogP contribution in [0.2, 0.25) is 5.02 Å². The van der Waals surface area contributed by atoms with Crippen molar-refractivity contribution in [1.82, 2.24) is 10.2 Å². The second-order valence-corrected chi connectivity index (χ2v) is 7.09. The number of halogens is 2. The monoisotopic (exact) mass is 404 g/mol. The summed E-state index contributed by atoms with van der Waals surface area (Å²) in [5, 5.41) is 3.06. The van der Waals surface area contributed by atoms with E-state index in [-0.39, 0.29) is 35.9 Å². The Morgan fingerprint density at radius 1 is 1.41 bits per heavy atom. The molecule has 0 aromatic heterocycles. The molecule has 0 bridgehead atoms. The van der Waals surface area contributed by atoms with Crippen LogP contribution in [0.1, 0.15) is 5.56 Å². The average molecular weight is 406 g/mol. The van der Waals surface area contributed by atoms with E-state index in [4.69, 9.17) is 11.6 Å². The summed E-state index contributed by atoms with van der Waals surface area (Å²) in [6.45, 7) is 0.434. The van der Waals surface area contributed by atoms with Gasteiger partial charge in [0.1, 0.15) is 0 Å². The van der Waals surface area contributed by atoms with Gasteiger partial charge in [0, 0.05) is 18.1 Å². The van der Waals surface area contributed by atoms with Crippen LogP contribution < -0.4 is 5.32 Å². The first-order chi connectivity index (χ1) is 10.5. The summed E-state index contributed by atoms with van der Waals surface area (Å²) in [6, 6.07) is 7.33. The lowest BCUT2D eigenvalue weighted by Crippen LogP contribution is -2.40. The third kappa shape index (κ3) is 4.47. The zero-order chi connectivity index (χ0) is 16.1. The third-order valence-electron chi connectivity index (χ3n) is 3.12. The van der Waals surface area contributed by atoms with Crippen LogP contribution in [0.4, 0.5) is 4.79 Å². The van der Waals surface area contributed by atoms with Gasteiger partial charge in [-0.2, -0.15) is 0 Å². The van der Waals surface area contributed by atoms with E-state index in [0.29, 0.717) is 11.4 Å². The lowest BCUT2D eigenvalue weighted by molar-refractivity contribution is -0.125. The number of nitrogens with one attached hydrogen (secondary N) is 1. The number of rotatable bonds is 6. The second-order valence-electron chi connectivity index (χ2n) is 4.65. The van der Waals surface area contributed by atoms with E-state index < -0.39 is 4.83 Å². The molecule has 1 heterocycles. The van der Waals surface area contributed by atoms with Gasteiger partial charge in [0.2, 0.25) is 11.8 Å². The van der Waals surface area contributed by atoms with Crippen molar-refractivity contribution in [3.8, 4) is 0 Å². The number of imide groups is 1. The topological polar surface area (TPSA) is 66.5 Å². The van der Waals surface area contributed by atoms with Crippen molar-refractivity contribution in [3.05, 3.63) is 34.9 Å². The number of hydrogen-bond acceptors (Lipinski definition) is 4. The van der Waals surface area contributed by atoms with E-state index >= 15 is 0 Å². The number of benzene rings is 1. The molecule has 3 amide bonds. The Morgan fingerprint density at radius 2 is 2.14 bits per heavy atom. The lowest BCUT2D eigenvalue weighted by atomic mass is 10.1. The van der Waals surface area contributed by atoms with Crippen LogP contribution >= 0.6 is 39.3 Å². The second kappa shape index (κ2) is 7.99. The molecule has 1 aliphatic rings. The van der Waals surface area contributed by atoms with Crippen molar-refractivity contribution in [3.63, 3.8) is 0 Å². The number of carbonyl (C=O) groups is 3. The predicted molar refractivity (Wildman–Crippen MR) is 90.4 cm³/mol. The predicted octanol–water partition coefficient (Wildman–Crippen LogP) is 2.46. The summed E-state index contributed by atoms with van der Waals surface area (Å²) < 4.78 is 0. The molecule has 0 saturated carbocycles. The van der Waals surface area contributed by atoms with E-state index in [1.807, 2.05) is 18.2 Å². The molecule has 2 rings (SSSR count). The molecule has 1 atom stereocenters. The van der Waals surface area contributed by atoms with Gasteiger partial charge in [0.15, 0.2) is 0 Å². The summed E-state index contributed by atoms with van der Waals surface area (Å²) in [6.07, 6.45) is 0.461. The Morgan fingerprint density at radius 3 is 2.77 bits per heavy atom. The van der Waals surface area contributed by atoms with Crippen molar-refractivity contribution in [2.24, 2.45) is 0 Å². The molecule has 1 fully saturated rings. The van der Waals surface area contributed by atoms with Crippen LogP contribution in [0.3, 0.4) is 0 Å². The molecule has 1 aromatic carbocycles. The van der Waals surface area contributed by atoms with Gasteiger partial charge in [-0.25, -0.2) is 0 Å². The Kier molecular flexibility index (Phi) is 6.28. The van der Waals surface area contributed by atoms with Crippen molar-refractivity contribution >= 4 is 56.3 Å². The molecule has 1 aliphatic heterocycles. The third-order valence-corrected chi connectivity index (χ3v) is 5.08.